The molecule has 4 aliphatic rings. The van der Waals surface area contributed by atoms with Crippen molar-refractivity contribution in [3.63, 3.8) is 0 Å². The van der Waals surface area contributed by atoms with Crippen LogP contribution in [0.5, 0.6) is 0 Å². The van der Waals surface area contributed by atoms with E-state index in [-0.39, 0.29) is 5.91 Å². The molecular weight excluding hydrogens is 336 g/mol. The first kappa shape index (κ1) is 17.0. The number of nitrogens with one attached hydrogen (secondary N) is 1. The third kappa shape index (κ3) is 3.07. The van der Waals surface area contributed by atoms with Crippen LogP contribution in [0.3, 0.4) is 0 Å². The van der Waals surface area contributed by atoms with E-state index in [9.17, 15) is 4.79 Å². The minimum atomic E-state index is 0.00149. The summed E-state index contributed by atoms with van der Waals surface area (Å²) in [5.74, 6) is 3.46. The minimum absolute atomic E-state index is 0.00149. The number of hydrogen-bond donors (Lipinski definition) is 1. The zero-order valence-corrected chi connectivity index (χ0v) is 16.2. The maximum Gasteiger partial charge on any atom is 0.254 e. The lowest BCUT2D eigenvalue weighted by Gasteiger charge is -2.56. The van der Waals surface area contributed by atoms with Crippen LogP contribution >= 0.6 is 0 Å². The van der Waals surface area contributed by atoms with E-state index in [0.717, 1.165) is 41.4 Å². The first-order valence-corrected chi connectivity index (χ1v) is 10.3. The van der Waals surface area contributed by atoms with Gasteiger partial charge in [-0.2, -0.15) is 5.10 Å². The van der Waals surface area contributed by atoms with Crippen molar-refractivity contribution in [2.24, 2.45) is 23.2 Å². The molecule has 0 spiro atoms. The molecule has 0 unspecified atom stereocenters. The predicted molar refractivity (Wildman–Crippen MR) is 104 cm³/mol. The molecular formula is C22H28N4O. The van der Waals surface area contributed by atoms with Crippen LogP contribution in [0.1, 0.15) is 60.1 Å². The monoisotopic (exact) mass is 364 g/mol. The lowest BCUT2D eigenvalue weighted by molar-refractivity contribution is -0.0503. The lowest BCUT2D eigenvalue weighted by Crippen LogP contribution is -2.51. The lowest BCUT2D eigenvalue weighted by atomic mass is 9.49. The zero-order valence-electron chi connectivity index (χ0n) is 16.2. The molecule has 2 aromatic rings. The summed E-state index contributed by atoms with van der Waals surface area (Å²) in [7, 11) is 0. The summed E-state index contributed by atoms with van der Waals surface area (Å²) in [4.78, 5) is 17.3. The molecule has 1 N–H and O–H groups in total. The molecule has 6 rings (SSSR count). The van der Waals surface area contributed by atoms with Crippen LogP contribution in [0.2, 0.25) is 0 Å². The van der Waals surface area contributed by atoms with Crippen LogP contribution in [-0.4, -0.2) is 27.2 Å². The average Bonchev–Trinajstić information content (AvgIpc) is 3.01. The molecule has 4 aliphatic carbocycles. The molecule has 142 valence electrons. The highest BCUT2D eigenvalue weighted by Crippen LogP contribution is 2.59. The standard InChI is InChI=1S/C22H28N4O/c1-14-3-4-20(23-11-14)26-12-19(15(2)25-26)21(27)24-13-22-8-16-5-17(9-22)7-18(6-16)10-22/h3-4,11-12,16-18H,5-10,13H2,1-2H3,(H,24,27). The van der Waals surface area contributed by atoms with E-state index < -0.39 is 0 Å². The van der Waals surface area contributed by atoms with E-state index in [1.54, 1.807) is 4.68 Å². The Hall–Kier alpha value is -2.17. The zero-order chi connectivity index (χ0) is 18.6. The molecule has 0 atom stereocenters. The Balaban J connectivity index is 1.30. The van der Waals surface area contributed by atoms with Gasteiger partial charge in [0.15, 0.2) is 5.82 Å². The summed E-state index contributed by atoms with van der Waals surface area (Å²) in [5, 5.41) is 7.76. The van der Waals surface area contributed by atoms with Crippen molar-refractivity contribution in [2.75, 3.05) is 6.54 Å². The smallest absolute Gasteiger partial charge is 0.254 e. The van der Waals surface area contributed by atoms with Crippen LogP contribution in [0.4, 0.5) is 0 Å². The topological polar surface area (TPSA) is 59.8 Å². The van der Waals surface area contributed by atoms with Crippen molar-refractivity contribution in [1.82, 2.24) is 20.1 Å². The number of aromatic nitrogens is 3. The SMILES string of the molecule is Cc1ccc(-n2cc(C(=O)NCC34CC5CC(CC(C5)C3)C4)c(C)n2)nc1. The highest BCUT2D eigenvalue weighted by Gasteiger charge is 2.50. The number of pyridine rings is 1. The maximum atomic E-state index is 12.9. The van der Waals surface area contributed by atoms with Crippen LogP contribution in [0.25, 0.3) is 5.82 Å². The summed E-state index contributed by atoms with van der Waals surface area (Å²) in [6.45, 7) is 4.72. The van der Waals surface area contributed by atoms with Gasteiger partial charge >= 0.3 is 0 Å². The second-order valence-corrected chi connectivity index (χ2v) is 9.37. The van der Waals surface area contributed by atoms with Crippen LogP contribution in [0.15, 0.2) is 24.5 Å². The van der Waals surface area contributed by atoms with E-state index in [4.69, 9.17) is 0 Å². The van der Waals surface area contributed by atoms with Gasteiger partial charge in [0.2, 0.25) is 0 Å². The summed E-state index contributed by atoms with van der Waals surface area (Å²) in [6, 6.07) is 3.94. The first-order valence-electron chi connectivity index (χ1n) is 10.3. The van der Waals surface area contributed by atoms with Gasteiger partial charge in [-0.25, -0.2) is 9.67 Å². The number of carbonyl (C=O) groups excluding carboxylic acids is 1. The van der Waals surface area contributed by atoms with E-state index in [0.29, 0.717) is 11.0 Å². The van der Waals surface area contributed by atoms with Gasteiger partial charge in [-0.1, -0.05) is 6.07 Å². The third-order valence-corrected chi connectivity index (χ3v) is 7.06. The van der Waals surface area contributed by atoms with Crippen molar-refractivity contribution < 1.29 is 4.79 Å². The van der Waals surface area contributed by atoms with Crippen molar-refractivity contribution in [3.05, 3.63) is 41.3 Å². The van der Waals surface area contributed by atoms with Gasteiger partial charge in [0.1, 0.15) is 0 Å². The second-order valence-electron chi connectivity index (χ2n) is 9.37. The Morgan fingerprint density at radius 1 is 1.15 bits per heavy atom. The molecule has 4 bridgehead atoms. The summed E-state index contributed by atoms with van der Waals surface area (Å²) in [5.41, 5.74) is 2.87. The molecule has 2 aromatic heterocycles. The molecule has 27 heavy (non-hydrogen) atoms. The van der Waals surface area contributed by atoms with Gasteiger partial charge in [-0.15, -0.1) is 0 Å². The van der Waals surface area contributed by atoms with E-state index in [1.165, 1.54) is 38.5 Å². The van der Waals surface area contributed by atoms with Gasteiger partial charge in [0, 0.05) is 18.9 Å². The maximum absolute atomic E-state index is 12.9. The van der Waals surface area contributed by atoms with E-state index >= 15 is 0 Å². The van der Waals surface area contributed by atoms with Gasteiger partial charge in [0.05, 0.1) is 11.3 Å². The van der Waals surface area contributed by atoms with Crippen LogP contribution in [-0.2, 0) is 0 Å². The Labute approximate surface area is 160 Å². The number of carbonyl (C=O) groups is 1. The summed E-state index contributed by atoms with van der Waals surface area (Å²) in [6.07, 6.45) is 11.9. The molecule has 1 amide bonds. The van der Waals surface area contributed by atoms with Crippen molar-refractivity contribution >= 4 is 5.91 Å². The highest BCUT2D eigenvalue weighted by molar-refractivity contribution is 5.95. The number of amides is 1. The van der Waals surface area contributed by atoms with E-state index in [1.807, 2.05) is 38.4 Å². The van der Waals surface area contributed by atoms with Gasteiger partial charge in [0.25, 0.3) is 5.91 Å². The van der Waals surface area contributed by atoms with Gasteiger partial charge < -0.3 is 5.32 Å². The van der Waals surface area contributed by atoms with Gasteiger partial charge in [-0.3, -0.25) is 4.79 Å². The molecule has 0 radical (unpaired) electrons. The molecule has 0 aromatic carbocycles. The van der Waals surface area contributed by atoms with Crippen molar-refractivity contribution in [3.8, 4) is 5.82 Å². The largest absolute Gasteiger partial charge is 0.351 e. The fraction of sp³-hybridized carbons (Fsp3) is 0.591. The molecule has 0 saturated heterocycles. The van der Waals surface area contributed by atoms with Crippen LogP contribution < -0.4 is 5.32 Å². The van der Waals surface area contributed by atoms with Crippen molar-refractivity contribution in [2.45, 2.75) is 52.4 Å². The fourth-order valence-corrected chi connectivity index (χ4v) is 6.27. The summed E-state index contributed by atoms with van der Waals surface area (Å²) >= 11 is 0. The second kappa shape index (κ2) is 6.18. The Kier molecular flexibility index (Phi) is 3.88. The first-order chi connectivity index (χ1) is 13.0. The average molecular weight is 364 g/mol. The molecule has 0 aliphatic heterocycles. The Bertz CT molecular complexity index is 832. The molecule has 4 saturated carbocycles. The normalized spacial score (nSPS) is 31.3. The third-order valence-electron chi connectivity index (χ3n) is 7.06. The van der Waals surface area contributed by atoms with Gasteiger partial charge in [-0.05, 0) is 87.2 Å². The summed E-state index contributed by atoms with van der Waals surface area (Å²) < 4.78 is 1.70. The quantitative estimate of drug-likeness (QED) is 0.897. The molecule has 2 heterocycles. The number of nitrogens with zero attached hydrogens (tertiary/aromatic N) is 3. The fourth-order valence-electron chi connectivity index (χ4n) is 6.27. The Morgan fingerprint density at radius 2 is 1.81 bits per heavy atom. The predicted octanol–water partition coefficient (Wildman–Crippen LogP) is 3.83. The Morgan fingerprint density at radius 3 is 2.41 bits per heavy atom. The van der Waals surface area contributed by atoms with E-state index in [2.05, 4.69) is 15.4 Å². The number of hydrogen-bond acceptors (Lipinski definition) is 3. The number of aryl methyl sites for hydroxylation is 2. The molecule has 5 nitrogen and oxygen atoms in total. The molecule has 4 fully saturated rings. The van der Waals surface area contributed by atoms with Crippen LogP contribution in [0, 0.1) is 37.0 Å². The number of rotatable bonds is 4. The highest BCUT2D eigenvalue weighted by atomic mass is 16.1. The molecule has 5 heteroatoms. The minimum Gasteiger partial charge on any atom is -0.351 e. The van der Waals surface area contributed by atoms with Crippen molar-refractivity contribution in [1.29, 1.82) is 0 Å².